The Morgan fingerprint density at radius 2 is 1.84 bits per heavy atom. The van der Waals surface area contributed by atoms with Crippen molar-refractivity contribution in [3.63, 3.8) is 0 Å². The van der Waals surface area contributed by atoms with E-state index < -0.39 is 19.1 Å². The smallest absolute Gasteiger partial charge is 0.243 e. The summed E-state index contributed by atoms with van der Waals surface area (Å²) in [5.41, 5.74) is 2.63. The Hall–Kier alpha value is -0.983. The number of rotatable bonds is 9. The average molecular weight is 384 g/mol. The molecule has 0 aliphatic rings. The van der Waals surface area contributed by atoms with Gasteiger partial charge in [0.2, 0.25) is 14.2 Å². The quantitative estimate of drug-likeness (QED) is 0.492. The van der Waals surface area contributed by atoms with Crippen LogP contribution in [0, 0.1) is 0 Å². The molecule has 25 heavy (non-hydrogen) atoms. The number of hydrogen-bond acceptors (Lipinski definition) is 3. The number of hydroxylamine groups is 1. The van der Waals surface area contributed by atoms with E-state index in [9.17, 15) is 9.00 Å². The summed E-state index contributed by atoms with van der Waals surface area (Å²) in [5.74, 6) is -0.185. The number of amides is 1. The van der Waals surface area contributed by atoms with Gasteiger partial charge in [-0.1, -0.05) is 58.7 Å². The summed E-state index contributed by atoms with van der Waals surface area (Å²) in [6, 6.07) is 9.38. The summed E-state index contributed by atoms with van der Waals surface area (Å²) < 4.78 is 18.6. The monoisotopic (exact) mass is 383 g/mol. The van der Waals surface area contributed by atoms with E-state index in [1.165, 1.54) is 0 Å². The van der Waals surface area contributed by atoms with E-state index in [4.69, 9.17) is 4.53 Å². The molecule has 0 radical (unpaired) electrons. The zero-order chi connectivity index (χ0) is 19.1. The van der Waals surface area contributed by atoms with Gasteiger partial charge in [0.1, 0.15) is 0 Å². The maximum Gasteiger partial charge on any atom is 0.243 e. The lowest BCUT2D eigenvalue weighted by atomic mass is 10.1. The van der Waals surface area contributed by atoms with Crippen LogP contribution in [0.4, 0.5) is 0 Å². The summed E-state index contributed by atoms with van der Waals surface area (Å²) in [6.07, 6.45) is 2.96. The summed E-state index contributed by atoms with van der Waals surface area (Å²) >= 11 is 0. The molecular formula is C19H33NO3SSi. The second-order valence-electron chi connectivity index (χ2n) is 7.97. The van der Waals surface area contributed by atoms with Crippen molar-refractivity contribution in [2.24, 2.45) is 0 Å². The molecule has 4 nitrogen and oxygen atoms in total. The Balaban J connectivity index is 2.72. The number of carbonyl (C=O) groups is 1. The molecule has 142 valence electrons. The molecule has 1 aromatic rings. The van der Waals surface area contributed by atoms with Crippen LogP contribution in [0.2, 0.25) is 18.1 Å². The van der Waals surface area contributed by atoms with E-state index in [2.05, 4.69) is 46.3 Å². The van der Waals surface area contributed by atoms with E-state index in [-0.39, 0.29) is 22.6 Å². The molecule has 0 bridgehead atoms. The Labute approximate surface area is 156 Å². The molecule has 1 N–H and O–H groups in total. The molecule has 0 aromatic heterocycles. The first-order chi connectivity index (χ1) is 11.6. The summed E-state index contributed by atoms with van der Waals surface area (Å²) in [6.45, 7) is 12.6. The minimum Gasteiger partial charge on any atom is -0.320 e. The van der Waals surface area contributed by atoms with Gasteiger partial charge in [-0.05, 0) is 36.7 Å². The lowest BCUT2D eigenvalue weighted by Gasteiger charge is -2.35. The average Bonchev–Trinajstić information content (AvgIpc) is 2.56. The Morgan fingerprint density at radius 1 is 1.24 bits per heavy atom. The maximum absolute atomic E-state index is 12.8. The zero-order valence-electron chi connectivity index (χ0n) is 16.4. The molecule has 2 unspecified atom stereocenters. The number of hydrogen-bond donors (Lipinski definition) is 1. The van der Waals surface area contributed by atoms with E-state index in [0.717, 1.165) is 24.2 Å². The van der Waals surface area contributed by atoms with Gasteiger partial charge < -0.3 is 4.53 Å². The third-order valence-electron chi connectivity index (χ3n) is 4.80. The maximum atomic E-state index is 12.8. The first kappa shape index (κ1) is 22.1. The van der Waals surface area contributed by atoms with Gasteiger partial charge in [0.25, 0.3) is 0 Å². The Morgan fingerprint density at radius 3 is 2.36 bits per heavy atom. The molecule has 1 amide bonds. The first-order valence-electron chi connectivity index (χ1n) is 9.01. The number of nitrogens with one attached hydrogen (secondary N) is 1. The normalized spacial score (nSPS) is 14.8. The van der Waals surface area contributed by atoms with Crippen LogP contribution < -0.4 is 5.48 Å². The molecule has 2 atom stereocenters. The zero-order valence-corrected chi connectivity index (χ0v) is 18.2. The number of benzene rings is 1. The lowest BCUT2D eigenvalue weighted by Crippen LogP contribution is -2.47. The van der Waals surface area contributed by atoms with Crippen LogP contribution in [0.25, 0.3) is 0 Å². The van der Waals surface area contributed by atoms with Gasteiger partial charge in [0, 0.05) is 16.6 Å². The molecule has 1 aromatic carbocycles. The van der Waals surface area contributed by atoms with Crippen molar-refractivity contribution in [2.75, 3.05) is 0 Å². The highest BCUT2D eigenvalue weighted by molar-refractivity contribution is 7.85. The van der Waals surface area contributed by atoms with Crippen LogP contribution in [-0.4, -0.2) is 23.7 Å². The SMILES string of the molecule is CCCCC(CC(=O)NO[Si](C)(C)C(C)(C)C)S(=O)c1ccccc1. The van der Waals surface area contributed by atoms with Gasteiger partial charge in [0.15, 0.2) is 0 Å². The first-order valence-corrected chi connectivity index (χ1v) is 13.1. The van der Waals surface area contributed by atoms with Gasteiger partial charge in [-0.25, -0.2) is 5.48 Å². The molecule has 1 rings (SSSR count). The van der Waals surface area contributed by atoms with Crippen LogP contribution in [0.15, 0.2) is 35.2 Å². The van der Waals surface area contributed by atoms with Gasteiger partial charge in [-0.15, -0.1) is 0 Å². The van der Waals surface area contributed by atoms with Gasteiger partial charge in [-0.2, -0.15) is 0 Å². The lowest BCUT2D eigenvalue weighted by molar-refractivity contribution is -0.128. The molecule has 6 heteroatoms. The standard InChI is InChI=1S/C19H33NO3SSi/c1-7-8-12-17(24(22)16-13-10-9-11-14-16)15-18(21)20-23-25(5,6)19(2,3)4/h9-11,13-14,17H,7-8,12,15H2,1-6H3,(H,20,21). The second-order valence-corrected chi connectivity index (χ2v) is 14.4. The van der Waals surface area contributed by atoms with Crippen molar-refractivity contribution in [3.05, 3.63) is 30.3 Å². The van der Waals surface area contributed by atoms with E-state index in [1.807, 2.05) is 30.3 Å². The summed E-state index contributed by atoms with van der Waals surface area (Å²) in [5, 5.41) is -0.167. The van der Waals surface area contributed by atoms with Crippen molar-refractivity contribution < 1.29 is 13.5 Å². The molecule has 0 aliphatic heterocycles. The van der Waals surface area contributed by atoms with E-state index in [1.54, 1.807) is 0 Å². The summed E-state index contributed by atoms with van der Waals surface area (Å²) in [7, 11) is -3.23. The Kier molecular flexibility index (Phi) is 8.51. The predicted molar refractivity (Wildman–Crippen MR) is 107 cm³/mol. The van der Waals surface area contributed by atoms with Crippen LogP contribution >= 0.6 is 0 Å². The van der Waals surface area contributed by atoms with E-state index in [0.29, 0.717) is 0 Å². The molecule has 0 aliphatic carbocycles. The van der Waals surface area contributed by atoms with Gasteiger partial charge in [-0.3, -0.25) is 9.00 Å². The fourth-order valence-corrected chi connectivity index (χ4v) is 4.22. The topological polar surface area (TPSA) is 55.4 Å². The van der Waals surface area contributed by atoms with Crippen molar-refractivity contribution in [1.82, 2.24) is 5.48 Å². The number of unbranched alkanes of at least 4 members (excludes halogenated alkanes) is 1. The van der Waals surface area contributed by atoms with Crippen molar-refractivity contribution in [1.29, 1.82) is 0 Å². The van der Waals surface area contributed by atoms with E-state index >= 15 is 0 Å². The van der Waals surface area contributed by atoms with Crippen molar-refractivity contribution in [2.45, 2.75) is 81.7 Å². The van der Waals surface area contributed by atoms with Gasteiger partial charge in [0.05, 0.1) is 10.8 Å². The van der Waals surface area contributed by atoms with Crippen LogP contribution in [0.1, 0.15) is 53.4 Å². The summed E-state index contributed by atoms with van der Waals surface area (Å²) in [4.78, 5) is 13.2. The molecule has 0 spiro atoms. The molecule has 0 saturated carbocycles. The highest BCUT2D eigenvalue weighted by atomic mass is 32.2. The predicted octanol–water partition coefficient (Wildman–Crippen LogP) is 4.80. The van der Waals surface area contributed by atoms with Crippen molar-refractivity contribution in [3.8, 4) is 0 Å². The van der Waals surface area contributed by atoms with Gasteiger partial charge >= 0.3 is 0 Å². The fourth-order valence-electron chi connectivity index (χ4n) is 2.05. The minimum atomic E-state index is -2.04. The highest BCUT2D eigenvalue weighted by Crippen LogP contribution is 2.35. The van der Waals surface area contributed by atoms with Crippen LogP contribution in [0.3, 0.4) is 0 Å². The van der Waals surface area contributed by atoms with Crippen LogP contribution in [0.5, 0.6) is 0 Å². The van der Waals surface area contributed by atoms with Crippen LogP contribution in [-0.2, 0) is 20.1 Å². The molecule has 0 saturated heterocycles. The molecule has 0 heterocycles. The largest absolute Gasteiger partial charge is 0.320 e. The second kappa shape index (κ2) is 9.64. The third-order valence-corrected chi connectivity index (χ3v) is 10.8. The minimum absolute atomic E-state index is 0.0226. The van der Waals surface area contributed by atoms with Crippen molar-refractivity contribution >= 4 is 25.0 Å². The third kappa shape index (κ3) is 7.03. The fraction of sp³-hybridized carbons (Fsp3) is 0.632. The number of carbonyl (C=O) groups excluding carboxylic acids is 1. The Bertz CT molecular complexity index is 570. The molecular weight excluding hydrogens is 350 g/mol. The molecule has 0 fully saturated rings. The highest BCUT2D eigenvalue weighted by Gasteiger charge is 2.38.